The van der Waals surface area contributed by atoms with E-state index in [0.717, 1.165) is 0 Å². The first-order chi connectivity index (χ1) is 7.98. The minimum atomic E-state index is -0.273. The van der Waals surface area contributed by atoms with Crippen LogP contribution in [-0.4, -0.2) is 25.0 Å². The molecule has 0 atom stereocenters. The van der Waals surface area contributed by atoms with Gasteiger partial charge in [0.1, 0.15) is 12.0 Å². The first-order valence-electron chi connectivity index (χ1n) is 5.11. The van der Waals surface area contributed by atoms with Crippen LogP contribution in [0.4, 0.5) is 5.95 Å². The molecule has 0 aromatic carbocycles. The number of aromatic nitrogens is 4. The van der Waals surface area contributed by atoms with E-state index in [1.807, 2.05) is 20.8 Å². The number of carbonyl (C=O) groups is 1. The lowest BCUT2D eigenvalue weighted by Gasteiger charge is -2.20. The lowest BCUT2D eigenvalue weighted by Crippen LogP contribution is -2.27. The van der Waals surface area contributed by atoms with Gasteiger partial charge in [0, 0.05) is 5.38 Å². The van der Waals surface area contributed by atoms with Crippen LogP contribution in [-0.2, 0) is 5.54 Å². The number of amides is 1. The molecule has 17 heavy (non-hydrogen) atoms. The Kier molecular flexibility index (Phi) is 2.93. The van der Waals surface area contributed by atoms with E-state index in [0.29, 0.717) is 11.6 Å². The maximum atomic E-state index is 11.8. The average Bonchev–Trinajstić information content (AvgIpc) is 2.85. The molecule has 0 radical (unpaired) electrons. The Morgan fingerprint density at radius 1 is 1.47 bits per heavy atom. The number of rotatable bonds is 2. The number of nitrogens with one attached hydrogen (secondary N) is 1. The van der Waals surface area contributed by atoms with E-state index in [1.165, 1.54) is 17.9 Å². The van der Waals surface area contributed by atoms with Crippen molar-refractivity contribution in [1.29, 1.82) is 0 Å². The summed E-state index contributed by atoms with van der Waals surface area (Å²) in [5.74, 6) is 0.153. The Morgan fingerprint density at radius 3 is 2.82 bits per heavy atom. The Labute approximate surface area is 103 Å². The first-order valence-corrected chi connectivity index (χ1v) is 5.94. The summed E-state index contributed by atoms with van der Waals surface area (Å²) in [6, 6.07) is 1.66. The maximum Gasteiger partial charge on any atom is 0.277 e. The number of nitrogens with zero attached hydrogens (tertiary/aromatic N) is 4. The minimum Gasteiger partial charge on any atom is -0.289 e. The molecule has 0 aliphatic rings. The number of hydrogen-bond acceptors (Lipinski definition) is 5. The van der Waals surface area contributed by atoms with Crippen molar-refractivity contribution in [2.45, 2.75) is 26.3 Å². The molecule has 0 spiro atoms. The zero-order chi connectivity index (χ0) is 12.5. The van der Waals surface area contributed by atoms with E-state index in [2.05, 4.69) is 19.8 Å². The second-order valence-corrected chi connectivity index (χ2v) is 5.17. The summed E-state index contributed by atoms with van der Waals surface area (Å²) in [6.07, 6.45) is 1.42. The Morgan fingerprint density at radius 2 is 2.24 bits per heavy atom. The summed E-state index contributed by atoms with van der Waals surface area (Å²) in [5.41, 5.74) is 0.153. The zero-order valence-corrected chi connectivity index (χ0v) is 10.7. The van der Waals surface area contributed by atoms with Gasteiger partial charge in [-0.15, -0.1) is 0 Å². The van der Waals surface area contributed by atoms with Gasteiger partial charge in [0.15, 0.2) is 0 Å². The predicted molar refractivity (Wildman–Crippen MR) is 65.1 cm³/mol. The van der Waals surface area contributed by atoms with E-state index in [1.54, 1.807) is 16.1 Å². The van der Waals surface area contributed by atoms with Crippen LogP contribution >= 0.6 is 11.5 Å². The monoisotopic (exact) mass is 251 g/mol. The summed E-state index contributed by atoms with van der Waals surface area (Å²) in [7, 11) is 0. The minimum absolute atomic E-state index is 0.235. The van der Waals surface area contributed by atoms with Crippen LogP contribution in [0.5, 0.6) is 0 Å². The summed E-state index contributed by atoms with van der Waals surface area (Å²) in [5, 5.41) is 8.54. The predicted octanol–water partition coefficient (Wildman–Crippen LogP) is 1.74. The van der Waals surface area contributed by atoms with Gasteiger partial charge in [-0.3, -0.25) is 10.1 Å². The maximum absolute atomic E-state index is 11.8. The quantitative estimate of drug-likeness (QED) is 0.882. The fourth-order valence-corrected chi connectivity index (χ4v) is 1.82. The van der Waals surface area contributed by atoms with Gasteiger partial charge in [0.25, 0.3) is 5.91 Å². The molecule has 1 amide bonds. The Hall–Kier alpha value is -1.76. The van der Waals surface area contributed by atoms with Gasteiger partial charge in [0.05, 0.1) is 5.54 Å². The molecule has 0 bridgehead atoms. The molecular formula is C10H13N5OS. The zero-order valence-electron chi connectivity index (χ0n) is 9.84. The molecule has 0 aliphatic heterocycles. The summed E-state index contributed by atoms with van der Waals surface area (Å²) >= 11 is 1.24. The van der Waals surface area contributed by atoms with Crippen molar-refractivity contribution in [3.8, 4) is 0 Å². The molecule has 90 valence electrons. The average molecular weight is 251 g/mol. The molecule has 1 N–H and O–H groups in total. The van der Waals surface area contributed by atoms with Crippen LogP contribution in [0, 0.1) is 0 Å². The second-order valence-electron chi connectivity index (χ2n) is 4.51. The van der Waals surface area contributed by atoms with Crippen molar-refractivity contribution in [3.05, 3.63) is 23.5 Å². The van der Waals surface area contributed by atoms with Crippen molar-refractivity contribution in [1.82, 2.24) is 19.1 Å². The highest BCUT2D eigenvalue weighted by Crippen LogP contribution is 2.17. The third-order valence-corrected chi connectivity index (χ3v) is 2.64. The molecule has 0 saturated carbocycles. The highest BCUT2D eigenvalue weighted by atomic mass is 32.1. The molecule has 0 aliphatic carbocycles. The number of hydrogen-bond donors (Lipinski definition) is 1. The summed E-state index contributed by atoms with van der Waals surface area (Å²) < 4.78 is 5.62. The largest absolute Gasteiger partial charge is 0.289 e. The van der Waals surface area contributed by atoms with E-state index in [-0.39, 0.29) is 11.4 Å². The standard InChI is InChI=1S/C10H13N5OS/c1-10(2,3)15-9(11-6-12-15)13-8(16)7-4-5-17-14-7/h4-6H,1-3H3,(H,11,12,13,16). The number of anilines is 1. The Bertz CT molecular complexity index is 511. The second kappa shape index (κ2) is 4.25. The van der Waals surface area contributed by atoms with Crippen molar-refractivity contribution < 1.29 is 4.79 Å². The van der Waals surface area contributed by atoms with Crippen molar-refractivity contribution in [2.75, 3.05) is 5.32 Å². The Balaban J connectivity index is 2.20. The lowest BCUT2D eigenvalue weighted by molar-refractivity contribution is 0.102. The smallest absolute Gasteiger partial charge is 0.277 e. The van der Waals surface area contributed by atoms with Crippen LogP contribution in [0.2, 0.25) is 0 Å². The normalized spacial score (nSPS) is 11.5. The summed E-state index contributed by atoms with van der Waals surface area (Å²) in [6.45, 7) is 5.96. The topological polar surface area (TPSA) is 72.7 Å². The van der Waals surface area contributed by atoms with Crippen molar-refractivity contribution >= 4 is 23.4 Å². The van der Waals surface area contributed by atoms with E-state index in [4.69, 9.17) is 0 Å². The third kappa shape index (κ3) is 2.50. The van der Waals surface area contributed by atoms with E-state index < -0.39 is 0 Å². The van der Waals surface area contributed by atoms with Gasteiger partial charge >= 0.3 is 0 Å². The highest BCUT2D eigenvalue weighted by molar-refractivity contribution is 7.03. The van der Waals surface area contributed by atoms with Gasteiger partial charge in [-0.05, 0) is 38.4 Å². The molecule has 6 nitrogen and oxygen atoms in total. The van der Waals surface area contributed by atoms with Crippen LogP contribution in [0.15, 0.2) is 17.8 Å². The molecule has 2 aromatic heterocycles. The molecule has 2 aromatic rings. The van der Waals surface area contributed by atoms with Gasteiger partial charge in [-0.1, -0.05) is 0 Å². The lowest BCUT2D eigenvalue weighted by atomic mass is 10.1. The molecule has 2 rings (SSSR count). The van der Waals surface area contributed by atoms with Crippen molar-refractivity contribution in [2.24, 2.45) is 0 Å². The highest BCUT2D eigenvalue weighted by Gasteiger charge is 2.20. The SMILES string of the molecule is CC(C)(C)n1ncnc1NC(=O)c1ccsn1. The van der Waals surface area contributed by atoms with Crippen molar-refractivity contribution in [3.63, 3.8) is 0 Å². The summed E-state index contributed by atoms with van der Waals surface area (Å²) in [4.78, 5) is 15.8. The van der Waals surface area contributed by atoms with Gasteiger partial charge < -0.3 is 0 Å². The molecule has 0 unspecified atom stereocenters. The van der Waals surface area contributed by atoms with Crippen LogP contribution in [0.3, 0.4) is 0 Å². The van der Waals surface area contributed by atoms with Gasteiger partial charge in [-0.2, -0.15) is 14.5 Å². The first kappa shape index (κ1) is 11.7. The fourth-order valence-electron chi connectivity index (χ4n) is 1.31. The van der Waals surface area contributed by atoms with Crippen LogP contribution in [0.1, 0.15) is 31.3 Å². The van der Waals surface area contributed by atoms with Gasteiger partial charge in [-0.25, -0.2) is 4.68 Å². The number of carbonyl (C=O) groups excluding carboxylic acids is 1. The molecule has 7 heteroatoms. The molecule has 0 fully saturated rings. The van der Waals surface area contributed by atoms with Gasteiger partial charge in [0.2, 0.25) is 5.95 Å². The van der Waals surface area contributed by atoms with Crippen LogP contribution in [0.25, 0.3) is 0 Å². The molecule has 0 saturated heterocycles. The third-order valence-electron chi connectivity index (χ3n) is 2.08. The molecule has 2 heterocycles. The van der Waals surface area contributed by atoms with Crippen LogP contribution < -0.4 is 5.32 Å². The van der Waals surface area contributed by atoms with E-state index in [9.17, 15) is 4.79 Å². The molecular weight excluding hydrogens is 238 g/mol. The fraction of sp³-hybridized carbons (Fsp3) is 0.400. The van der Waals surface area contributed by atoms with E-state index >= 15 is 0 Å².